The first kappa shape index (κ1) is 16.1. The van der Waals surface area contributed by atoms with Crippen molar-refractivity contribution in [2.75, 3.05) is 37.4 Å². The van der Waals surface area contributed by atoms with Crippen LogP contribution in [0, 0.1) is 0 Å². The van der Waals surface area contributed by atoms with Crippen molar-refractivity contribution in [2.24, 2.45) is 0 Å². The maximum absolute atomic E-state index is 12.5. The van der Waals surface area contributed by atoms with Gasteiger partial charge < -0.3 is 20.5 Å². The van der Waals surface area contributed by atoms with Crippen molar-refractivity contribution in [2.45, 2.75) is 6.18 Å². The van der Waals surface area contributed by atoms with Gasteiger partial charge in [0.25, 0.3) is 0 Å². The summed E-state index contributed by atoms with van der Waals surface area (Å²) in [5.41, 5.74) is 5.83. The highest BCUT2D eigenvalue weighted by Gasteiger charge is 2.31. The number of hydrogen-bond acceptors (Lipinski definition) is 5. The molecule has 1 aromatic rings. The average molecular weight is 292 g/mol. The van der Waals surface area contributed by atoms with Crippen molar-refractivity contribution in [1.29, 1.82) is 0 Å². The Kier molecular flexibility index (Phi) is 5.20. The highest BCUT2D eigenvalue weighted by molar-refractivity contribution is 5.92. The molecule has 0 aromatic heterocycles. The van der Waals surface area contributed by atoms with Crippen LogP contribution in [0.25, 0.3) is 0 Å². The van der Waals surface area contributed by atoms with Crippen LogP contribution in [0.5, 0.6) is 0 Å². The number of carbonyl (C=O) groups is 1. The van der Waals surface area contributed by atoms with Gasteiger partial charge >= 0.3 is 12.1 Å². The number of esters is 1. The molecule has 0 radical (unpaired) electrons. The van der Waals surface area contributed by atoms with Gasteiger partial charge in [0, 0.05) is 6.54 Å². The van der Waals surface area contributed by atoms with Crippen molar-refractivity contribution in [3.05, 3.63) is 23.8 Å². The molecule has 0 unspecified atom stereocenters. The number of carbonyl (C=O) groups excluding carboxylic acids is 1. The number of rotatable bonds is 5. The quantitative estimate of drug-likeness (QED) is 0.634. The summed E-state index contributed by atoms with van der Waals surface area (Å²) < 4.78 is 42.0. The molecule has 112 valence electrons. The molecule has 0 heterocycles. The molecule has 3 N–H and O–H groups in total. The number of nitrogens with zero attached hydrogens (tertiary/aromatic N) is 1. The number of methoxy groups -OCH3 is 1. The Labute approximate surface area is 113 Å². The molecular weight excluding hydrogens is 277 g/mol. The summed E-state index contributed by atoms with van der Waals surface area (Å²) in [6, 6.07) is 3.89. The van der Waals surface area contributed by atoms with Crippen molar-refractivity contribution in [3.63, 3.8) is 0 Å². The Hall–Kier alpha value is -1.96. The molecule has 0 aliphatic rings. The van der Waals surface area contributed by atoms with Crippen LogP contribution in [-0.4, -0.2) is 44.1 Å². The number of halogens is 3. The fraction of sp³-hybridized carbons (Fsp3) is 0.417. The van der Waals surface area contributed by atoms with Crippen LogP contribution in [0.2, 0.25) is 0 Å². The molecule has 0 saturated carbocycles. The molecule has 20 heavy (non-hydrogen) atoms. The van der Waals surface area contributed by atoms with E-state index in [2.05, 4.69) is 4.74 Å². The minimum Gasteiger partial charge on any atom is -0.465 e. The van der Waals surface area contributed by atoms with E-state index < -0.39 is 25.3 Å². The summed E-state index contributed by atoms with van der Waals surface area (Å²) in [4.78, 5) is 12.3. The molecule has 0 aliphatic carbocycles. The van der Waals surface area contributed by atoms with Gasteiger partial charge in [-0.15, -0.1) is 0 Å². The first-order valence-electron chi connectivity index (χ1n) is 5.69. The SMILES string of the molecule is COC(=O)c1ccc(N)c(N(CCO)CC(F)(F)F)c1. The Morgan fingerprint density at radius 3 is 2.60 bits per heavy atom. The van der Waals surface area contributed by atoms with Crippen molar-refractivity contribution < 1.29 is 27.8 Å². The van der Waals surface area contributed by atoms with Gasteiger partial charge in [-0.1, -0.05) is 0 Å². The lowest BCUT2D eigenvalue weighted by molar-refractivity contribution is -0.119. The Balaban J connectivity index is 3.14. The Morgan fingerprint density at radius 2 is 2.10 bits per heavy atom. The van der Waals surface area contributed by atoms with Gasteiger partial charge in [0.1, 0.15) is 6.54 Å². The molecule has 0 amide bonds. The largest absolute Gasteiger partial charge is 0.465 e. The molecule has 0 atom stereocenters. The fourth-order valence-electron chi connectivity index (χ4n) is 1.68. The summed E-state index contributed by atoms with van der Waals surface area (Å²) in [6.07, 6.45) is -4.46. The van der Waals surface area contributed by atoms with Crippen LogP contribution in [0.15, 0.2) is 18.2 Å². The van der Waals surface area contributed by atoms with Crippen molar-refractivity contribution in [3.8, 4) is 0 Å². The van der Waals surface area contributed by atoms with Crippen LogP contribution in [0.3, 0.4) is 0 Å². The van der Waals surface area contributed by atoms with E-state index in [4.69, 9.17) is 10.8 Å². The number of nitrogen functional groups attached to an aromatic ring is 1. The lowest BCUT2D eigenvalue weighted by Gasteiger charge is -2.26. The molecule has 8 heteroatoms. The standard InChI is InChI=1S/C12H15F3N2O3/c1-20-11(19)8-2-3-9(16)10(6-8)17(4-5-18)7-12(13,14)15/h2-3,6,18H,4-5,7,16H2,1H3. The first-order chi connectivity index (χ1) is 9.28. The molecule has 0 bridgehead atoms. The molecule has 0 spiro atoms. The lowest BCUT2D eigenvalue weighted by atomic mass is 10.1. The number of hydrogen-bond donors (Lipinski definition) is 2. The topological polar surface area (TPSA) is 75.8 Å². The maximum Gasteiger partial charge on any atom is 0.405 e. The maximum atomic E-state index is 12.5. The summed E-state index contributed by atoms with van der Waals surface area (Å²) in [5, 5.41) is 8.87. The molecule has 0 aliphatic heterocycles. The lowest BCUT2D eigenvalue weighted by Crippen LogP contribution is -2.36. The van der Waals surface area contributed by atoms with Crippen molar-refractivity contribution >= 4 is 17.3 Å². The van der Waals surface area contributed by atoms with Crippen LogP contribution < -0.4 is 10.6 Å². The van der Waals surface area contributed by atoms with Gasteiger partial charge in [0.15, 0.2) is 0 Å². The number of aliphatic hydroxyl groups excluding tert-OH is 1. The van der Waals surface area contributed by atoms with Crippen LogP contribution >= 0.6 is 0 Å². The van der Waals surface area contributed by atoms with E-state index in [9.17, 15) is 18.0 Å². The third kappa shape index (κ3) is 4.30. The zero-order chi connectivity index (χ0) is 15.3. The normalized spacial score (nSPS) is 11.2. The predicted octanol–water partition coefficient (Wildman–Crippen LogP) is 1.42. The van der Waals surface area contributed by atoms with Gasteiger partial charge in [0.05, 0.1) is 30.7 Å². The minimum absolute atomic E-state index is 0.0271. The number of aliphatic hydroxyl groups is 1. The zero-order valence-electron chi connectivity index (χ0n) is 10.8. The zero-order valence-corrected chi connectivity index (χ0v) is 10.8. The average Bonchev–Trinajstić information content (AvgIpc) is 2.36. The molecular formula is C12H15F3N2O3. The predicted molar refractivity (Wildman–Crippen MR) is 67.5 cm³/mol. The van der Waals surface area contributed by atoms with E-state index in [-0.39, 0.29) is 23.5 Å². The van der Waals surface area contributed by atoms with E-state index in [1.165, 1.54) is 25.3 Å². The first-order valence-corrected chi connectivity index (χ1v) is 5.69. The van der Waals surface area contributed by atoms with Crippen LogP contribution in [0.1, 0.15) is 10.4 Å². The third-order valence-corrected chi connectivity index (χ3v) is 2.53. The summed E-state index contributed by atoms with van der Waals surface area (Å²) in [6.45, 7) is -2.01. The Morgan fingerprint density at radius 1 is 1.45 bits per heavy atom. The van der Waals surface area contributed by atoms with Gasteiger partial charge in [-0.3, -0.25) is 0 Å². The van der Waals surface area contributed by atoms with Crippen molar-refractivity contribution in [1.82, 2.24) is 0 Å². The molecule has 0 saturated heterocycles. The van der Waals surface area contributed by atoms with E-state index in [1.807, 2.05) is 0 Å². The molecule has 0 fully saturated rings. The van der Waals surface area contributed by atoms with Gasteiger partial charge in [-0.25, -0.2) is 4.79 Å². The highest BCUT2D eigenvalue weighted by Crippen LogP contribution is 2.28. The van der Waals surface area contributed by atoms with E-state index in [0.717, 1.165) is 4.90 Å². The van der Waals surface area contributed by atoms with E-state index in [0.29, 0.717) is 0 Å². The second-order valence-corrected chi connectivity index (χ2v) is 4.03. The monoisotopic (exact) mass is 292 g/mol. The highest BCUT2D eigenvalue weighted by atomic mass is 19.4. The van der Waals surface area contributed by atoms with Gasteiger partial charge in [0.2, 0.25) is 0 Å². The summed E-state index contributed by atoms with van der Waals surface area (Å²) in [7, 11) is 1.17. The van der Waals surface area contributed by atoms with Crippen LogP contribution in [-0.2, 0) is 4.74 Å². The fourth-order valence-corrected chi connectivity index (χ4v) is 1.68. The van der Waals surface area contributed by atoms with E-state index in [1.54, 1.807) is 0 Å². The van der Waals surface area contributed by atoms with Gasteiger partial charge in [-0.05, 0) is 18.2 Å². The smallest absolute Gasteiger partial charge is 0.405 e. The Bertz CT molecular complexity index is 478. The van der Waals surface area contributed by atoms with Crippen LogP contribution in [0.4, 0.5) is 24.5 Å². The number of anilines is 2. The number of ether oxygens (including phenoxy) is 1. The number of nitrogens with two attached hydrogens (primary N) is 1. The van der Waals surface area contributed by atoms with E-state index >= 15 is 0 Å². The number of benzene rings is 1. The second-order valence-electron chi connectivity index (χ2n) is 4.03. The summed E-state index contributed by atoms with van der Waals surface area (Å²) >= 11 is 0. The molecule has 1 rings (SSSR count). The summed E-state index contributed by atoms with van der Waals surface area (Å²) in [5.74, 6) is -0.679. The number of alkyl halides is 3. The molecule has 5 nitrogen and oxygen atoms in total. The third-order valence-electron chi connectivity index (χ3n) is 2.53. The van der Waals surface area contributed by atoms with Gasteiger partial charge in [-0.2, -0.15) is 13.2 Å². The minimum atomic E-state index is -4.46. The second kappa shape index (κ2) is 6.47. The molecule has 1 aromatic carbocycles.